The van der Waals surface area contributed by atoms with Crippen molar-refractivity contribution >= 4 is 29.7 Å². The predicted octanol–water partition coefficient (Wildman–Crippen LogP) is 2.52. The van der Waals surface area contributed by atoms with Gasteiger partial charge in [0.05, 0.1) is 0 Å². The normalized spacial score (nSPS) is 15.2. The van der Waals surface area contributed by atoms with E-state index in [4.69, 9.17) is 0 Å². The molecule has 0 radical (unpaired) electrons. The summed E-state index contributed by atoms with van der Waals surface area (Å²) in [6.45, 7) is 10.7. The molecule has 2 N–H and O–H groups in total. The number of carbonyl (C=O) groups is 1. The van der Waals surface area contributed by atoms with E-state index in [0.717, 1.165) is 58.5 Å². The monoisotopic (exact) mass is 359 g/mol. The lowest BCUT2D eigenvalue weighted by atomic mass is 10.1. The first kappa shape index (κ1) is 20.4. The number of nitrogens with zero attached hydrogens (tertiary/aromatic N) is 1. The zero-order chi connectivity index (χ0) is 15.8. The van der Waals surface area contributed by atoms with E-state index in [1.54, 1.807) is 0 Å². The average molecular weight is 360 g/mol. The van der Waals surface area contributed by atoms with Crippen LogP contribution in [0.1, 0.15) is 34.6 Å². The van der Waals surface area contributed by atoms with Gasteiger partial charge in [-0.25, -0.2) is 0 Å². The van der Waals surface area contributed by atoms with Crippen LogP contribution >= 0.6 is 23.7 Å². The number of hydrogen-bond donors (Lipinski definition) is 2. The molecule has 0 aromatic carbocycles. The number of halogens is 1. The van der Waals surface area contributed by atoms with E-state index in [9.17, 15) is 4.79 Å². The van der Waals surface area contributed by atoms with Crippen LogP contribution in [-0.2, 0) is 11.2 Å². The van der Waals surface area contributed by atoms with Crippen molar-refractivity contribution in [2.75, 3.05) is 39.3 Å². The fourth-order valence-corrected chi connectivity index (χ4v) is 3.90. The Labute approximate surface area is 150 Å². The molecule has 2 heterocycles. The van der Waals surface area contributed by atoms with Crippen LogP contribution in [0.15, 0.2) is 6.07 Å². The number of hydrogen-bond acceptors (Lipinski definition) is 4. The third-order valence-corrected chi connectivity index (χ3v) is 5.18. The summed E-state index contributed by atoms with van der Waals surface area (Å²) in [5.41, 5.74) is 1.41. The molecule has 0 saturated carbocycles. The van der Waals surface area contributed by atoms with Gasteiger partial charge in [0, 0.05) is 48.9 Å². The first-order valence-electron chi connectivity index (χ1n) is 8.41. The molecule has 1 aliphatic heterocycles. The van der Waals surface area contributed by atoms with Crippen LogP contribution in [0.3, 0.4) is 0 Å². The van der Waals surface area contributed by atoms with E-state index in [2.05, 4.69) is 35.4 Å². The fraction of sp³-hybridized carbons (Fsp3) is 0.706. The predicted molar refractivity (Wildman–Crippen MR) is 101 cm³/mol. The minimum atomic E-state index is 0. The van der Waals surface area contributed by atoms with Gasteiger partial charge in [0.1, 0.15) is 0 Å². The Balaban J connectivity index is 0.00000264. The lowest BCUT2D eigenvalue weighted by Crippen LogP contribution is -2.44. The molecule has 1 fully saturated rings. The van der Waals surface area contributed by atoms with E-state index in [0.29, 0.717) is 6.42 Å². The molecule has 1 saturated heterocycles. The number of amides is 1. The van der Waals surface area contributed by atoms with Crippen LogP contribution in [0.4, 0.5) is 0 Å². The summed E-state index contributed by atoms with van der Waals surface area (Å²) in [4.78, 5) is 17.1. The van der Waals surface area contributed by atoms with Crippen molar-refractivity contribution in [1.29, 1.82) is 0 Å². The summed E-state index contributed by atoms with van der Waals surface area (Å²) in [6.07, 6.45) is 3.65. The third-order valence-electron chi connectivity index (χ3n) is 4.18. The molecule has 132 valence electrons. The highest BCUT2D eigenvalue weighted by molar-refractivity contribution is 7.12. The highest BCUT2D eigenvalue weighted by Crippen LogP contribution is 2.22. The number of nitrogens with one attached hydrogen (secondary N) is 2. The van der Waals surface area contributed by atoms with Crippen molar-refractivity contribution in [2.24, 2.45) is 0 Å². The van der Waals surface area contributed by atoms with Crippen molar-refractivity contribution in [3.05, 3.63) is 21.4 Å². The van der Waals surface area contributed by atoms with E-state index in [1.807, 2.05) is 11.3 Å². The molecule has 0 spiro atoms. The topological polar surface area (TPSA) is 44.4 Å². The lowest BCUT2D eigenvalue weighted by Gasteiger charge is -2.27. The van der Waals surface area contributed by atoms with Gasteiger partial charge < -0.3 is 15.5 Å². The number of rotatable bonds is 8. The van der Waals surface area contributed by atoms with E-state index in [1.165, 1.54) is 15.3 Å². The van der Waals surface area contributed by atoms with Crippen molar-refractivity contribution in [1.82, 2.24) is 15.5 Å². The molecular weight excluding hydrogens is 330 g/mol. The summed E-state index contributed by atoms with van der Waals surface area (Å²) in [5, 5.41) is 6.40. The standard InChI is InChI=1S/C17H29N3OS.ClH/c1-14-13-16(15(2)22-14)5-3-6-17(21)19-7-4-10-20-11-8-18-9-12-20;/h13,18H,3-12H2,1-2H3,(H,19,21);1H. The number of aryl methyl sites for hydroxylation is 3. The molecule has 1 aromatic heterocycles. The first-order chi connectivity index (χ1) is 10.6. The Morgan fingerprint density at radius 3 is 2.70 bits per heavy atom. The maximum Gasteiger partial charge on any atom is 0.220 e. The molecular formula is C17H30ClN3OS. The molecule has 4 nitrogen and oxygen atoms in total. The summed E-state index contributed by atoms with van der Waals surface area (Å²) < 4.78 is 0. The second kappa shape index (κ2) is 11.0. The molecule has 1 amide bonds. The van der Waals surface area contributed by atoms with Gasteiger partial charge in [0.2, 0.25) is 5.91 Å². The second-order valence-electron chi connectivity index (χ2n) is 6.09. The van der Waals surface area contributed by atoms with E-state index < -0.39 is 0 Å². The van der Waals surface area contributed by atoms with E-state index in [-0.39, 0.29) is 18.3 Å². The van der Waals surface area contributed by atoms with Gasteiger partial charge >= 0.3 is 0 Å². The van der Waals surface area contributed by atoms with Crippen LogP contribution in [0.25, 0.3) is 0 Å². The van der Waals surface area contributed by atoms with Crippen molar-refractivity contribution < 1.29 is 4.79 Å². The second-order valence-corrected chi connectivity index (χ2v) is 7.55. The zero-order valence-electron chi connectivity index (χ0n) is 14.3. The van der Waals surface area contributed by atoms with Gasteiger partial charge in [-0.2, -0.15) is 0 Å². The quantitative estimate of drug-likeness (QED) is 0.701. The molecule has 0 aliphatic carbocycles. The maximum atomic E-state index is 11.8. The SMILES string of the molecule is Cc1cc(CCCC(=O)NCCCN2CCNCC2)c(C)s1.Cl. The minimum absolute atomic E-state index is 0. The van der Waals surface area contributed by atoms with Crippen molar-refractivity contribution in [3.8, 4) is 0 Å². The third kappa shape index (κ3) is 7.66. The molecule has 0 bridgehead atoms. The van der Waals surface area contributed by atoms with Gasteiger partial charge in [-0.05, 0) is 51.3 Å². The van der Waals surface area contributed by atoms with Crippen LogP contribution < -0.4 is 10.6 Å². The van der Waals surface area contributed by atoms with Gasteiger partial charge in [-0.3, -0.25) is 4.79 Å². The van der Waals surface area contributed by atoms with Crippen LogP contribution in [-0.4, -0.2) is 50.1 Å². The molecule has 0 atom stereocenters. The Kier molecular flexibility index (Phi) is 9.79. The highest BCUT2D eigenvalue weighted by atomic mass is 35.5. The fourth-order valence-electron chi connectivity index (χ4n) is 2.92. The Hall–Kier alpha value is -0.620. The van der Waals surface area contributed by atoms with Crippen molar-refractivity contribution in [2.45, 2.75) is 39.5 Å². The largest absolute Gasteiger partial charge is 0.356 e. The Bertz CT molecular complexity index is 472. The van der Waals surface area contributed by atoms with Gasteiger partial charge in [-0.1, -0.05) is 0 Å². The van der Waals surface area contributed by atoms with E-state index >= 15 is 0 Å². The first-order valence-corrected chi connectivity index (χ1v) is 9.22. The molecule has 1 aromatic rings. The molecule has 0 unspecified atom stereocenters. The zero-order valence-corrected chi connectivity index (χ0v) is 16.0. The summed E-state index contributed by atoms with van der Waals surface area (Å²) in [5.74, 6) is 0.199. The van der Waals surface area contributed by atoms with Gasteiger partial charge in [-0.15, -0.1) is 23.7 Å². The maximum absolute atomic E-state index is 11.8. The number of thiophene rings is 1. The molecule has 1 aliphatic rings. The van der Waals surface area contributed by atoms with Crippen LogP contribution in [0.2, 0.25) is 0 Å². The van der Waals surface area contributed by atoms with Gasteiger partial charge in [0.25, 0.3) is 0 Å². The molecule has 23 heavy (non-hydrogen) atoms. The Morgan fingerprint density at radius 2 is 2.04 bits per heavy atom. The van der Waals surface area contributed by atoms with Crippen molar-refractivity contribution in [3.63, 3.8) is 0 Å². The lowest BCUT2D eigenvalue weighted by molar-refractivity contribution is -0.121. The minimum Gasteiger partial charge on any atom is -0.356 e. The average Bonchev–Trinajstić information content (AvgIpc) is 2.83. The smallest absolute Gasteiger partial charge is 0.220 e. The summed E-state index contributed by atoms with van der Waals surface area (Å²) >= 11 is 1.85. The highest BCUT2D eigenvalue weighted by Gasteiger charge is 2.09. The van der Waals surface area contributed by atoms with Crippen LogP contribution in [0.5, 0.6) is 0 Å². The molecule has 6 heteroatoms. The van der Waals surface area contributed by atoms with Crippen LogP contribution in [0, 0.1) is 13.8 Å². The number of piperazine rings is 1. The Morgan fingerprint density at radius 1 is 1.30 bits per heavy atom. The summed E-state index contributed by atoms with van der Waals surface area (Å²) in [6, 6.07) is 2.26. The number of carbonyl (C=O) groups excluding carboxylic acids is 1. The van der Waals surface area contributed by atoms with Gasteiger partial charge in [0.15, 0.2) is 0 Å². The molecule has 2 rings (SSSR count). The summed E-state index contributed by atoms with van der Waals surface area (Å²) in [7, 11) is 0.